The van der Waals surface area contributed by atoms with Crippen molar-refractivity contribution in [3.8, 4) is 5.75 Å². The topological polar surface area (TPSA) is 55.4 Å². The third-order valence-electron chi connectivity index (χ3n) is 3.21. The molecule has 0 saturated heterocycles. The third kappa shape index (κ3) is 4.42. The van der Waals surface area contributed by atoms with Gasteiger partial charge in [-0.2, -0.15) is 0 Å². The molecule has 1 aromatic rings. The molecular formula is C14H21NO3S. The zero-order chi connectivity index (χ0) is 13.7. The van der Waals surface area contributed by atoms with Crippen LogP contribution in [0.25, 0.3) is 0 Å². The van der Waals surface area contributed by atoms with Crippen LogP contribution in [0, 0.1) is 0 Å². The van der Waals surface area contributed by atoms with E-state index in [2.05, 4.69) is 4.72 Å². The molecule has 0 aliphatic heterocycles. The van der Waals surface area contributed by atoms with Gasteiger partial charge in [0.2, 0.25) is 10.0 Å². The number of rotatable bonds is 6. The minimum atomic E-state index is -3.21. The summed E-state index contributed by atoms with van der Waals surface area (Å²) in [5, 5.41) is 0. The van der Waals surface area contributed by atoms with Crippen LogP contribution >= 0.6 is 0 Å². The highest BCUT2D eigenvalue weighted by atomic mass is 32.2. The first-order chi connectivity index (χ1) is 9.09. The van der Waals surface area contributed by atoms with Crippen molar-refractivity contribution in [1.82, 2.24) is 0 Å². The molecule has 106 valence electrons. The van der Waals surface area contributed by atoms with Crippen LogP contribution in [0.1, 0.15) is 39.0 Å². The highest BCUT2D eigenvalue weighted by Gasteiger charge is 2.16. The van der Waals surface area contributed by atoms with Crippen molar-refractivity contribution in [2.75, 3.05) is 10.5 Å². The molecule has 0 unspecified atom stereocenters. The zero-order valence-electron chi connectivity index (χ0n) is 11.3. The van der Waals surface area contributed by atoms with Crippen molar-refractivity contribution < 1.29 is 13.2 Å². The van der Waals surface area contributed by atoms with Gasteiger partial charge in [-0.1, -0.05) is 6.92 Å². The van der Waals surface area contributed by atoms with Crippen LogP contribution in [0.4, 0.5) is 5.69 Å². The predicted octanol–water partition coefficient (Wildman–Crippen LogP) is 3.16. The van der Waals surface area contributed by atoms with Gasteiger partial charge in [-0.3, -0.25) is 4.72 Å². The molecular weight excluding hydrogens is 262 g/mol. The summed E-state index contributed by atoms with van der Waals surface area (Å²) in [6, 6.07) is 7.14. The maximum Gasteiger partial charge on any atom is 0.232 e. The smallest absolute Gasteiger partial charge is 0.232 e. The first kappa shape index (κ1) is 14.2. The van der Waals surface area contributed by atoms with Gasteiger partial charge in [-0.25, -0.2) is 8.42 Å². The van der Waals surface area contributed by atoms with Crippen LogP contribution in [0.2, 0.25) is 0 Å². The van der Waals surface area contributed by atoms with E-state index in [9.17, 15) is 8.42 Å². The van der Waals surface area contributed by atoms with Gasteiger partial charge in [0.05, 0.1) is 11.9 Å². The summed E-state index contributed by atoms with van der Waals surface area (Å²) in [4.78, 5) is 0. The van der Waals surface area contributed by atoms with Crippen LogP contribution in [0.15, 0.2) is 24.3 Å². The first-order valence-corrected chi connectivity index (χ1v) is 8.51. The SMILES string of the molecule is CCCS(=O)(=O)Nc1ccc(OC2CCCC2)cc1. The fraction of sp³-hybridized carbons (Fsp3) is 0.571. The summed E-state index contributed by atoms with van der Waals surface area (Å²) in [6.07, 6.45) is 5.63. The third-order valence-corrected chi connectivity index (χ3v) is 4.70. The quantitative estimate of drug-likeness (QED) is 0.872. The molecule has 1 N–H and O–H groups in total. The molecule has 1 aromatic carbocycles. The molecule has 5 heteroatoms. The Labute approximate surface area is 115 Å². The molecule has 0 amide bonds. The molecule has 0 atom stereocenters. The van der Waals surface area contributed by atoms with E-state index >= 15 is 0 Å². The van der Waals surface area contributed by atoms with Crippen LogP contribution in [0.3, 0.4) is 0 Å². The number of nitrogens with one attached hydrogen (secondary N) is 1. The lowest BCUT2D eigenvalue weighted by molar-refractivity contribution is 0.210. The Balaban J connectivity index is 1.94. The van der Waals surface area contributed by atoms with E-state index in [1.807, 2.05) is 19.1 Å². The predicted molar refractivity (Wildman–Crippen MR) is 77.0 cm³/mol. The highest BCUT2D eigenvalue weighted by molar-refractivity contribution is 7.92. The van der Waals surface area contributed by atoms with Crippen LogP contribution in [0.5, 0.6) is 5.75 Å². The summed E-state index contributed by atoms with van der Waals surface area (Å²) in [5.41, 5.74) is 0.590. The number of benzene rings is 1. The van der Waals surface area contributed by atoms with Crippen LogP contribution in [-0.4, -0.2) is 20.3 Å². The molecule has 1 saturated carbocycles. The second-order valence-electron chi connectivity index (χ2n) is 4.97. The summed E-state index contributed by atoms with van der Waals surface area (Å²) in [7, 11) is -3.21. The molecule has 1 fully saturated rings. The second kappa shape index (κ2) is 6.28. The fourth-order valence-corrected chi connectivity index (χ4v) is 3.43. The molecule has 0 heterocycles. The lowest BCUT2D eigenvalue weighted by atomic mass is 10.3. The molecule has 0 spiro atoms. The van der Waals surface area contributed by atoms with Crippen molar-refractivity contribution in [2.45, 2.75) is 45.1 Å². The normalized spacial score (nSPS) is 16.5. The van der Waals surface area contributed by atoms with E-state index < -0.39 is 10.0 Å². The van der Waals surface area contributed by atoms with Crippen molar-refractivity contribution in [3.63, 3.8) is 0 Å². The standard InChI is InChI=1S/C14H21NO3S/c1-2-11-19(16,17)15-12-7-9-14(10-8-12)18-13-5-3-4-6-13/h7-10,13,15H,2-6,11H2,1H3. The van der Waals surface area contributed by atoms with Gasteiger partial charge >= 0.3 is 0 Å². The van der Waals surface area contributed by atoms with Gasteiger partial charge in [0.1, 0.15) is 5.75 Å². The van der Waals surface area contributed by atoms with Crippen molar-refractivity contribution in [1.29, 1.82) is 0 Å². The minimum Gasteiger partial charge on any atom is -0.490 e. The number of sulfonamides is 1. The molecule has 0 bridgehead atoms. The monoisotopic (exact) mass is 283 g/mol. The zero-order valence-corrected chi connectivity index (χ0v) is 12.1. The molecule has 1 aliphatic carbocycles. The Kier molecular flexibility index (Phi) is 4.69. The average Bonchev–Trinajstić information content (AvgIpc) is 2.84. The Bertz CT molecular complexity index is 490. The molecule has 2 rings (SSSR count). The number of ether oxygens (including phenoxy) is 1. The van der Waals surface area contributed by atoms with E-state index in [0.29, 0.717) is 18.2 Å². The van der Waals surface area contributed by atoms with Gasteiger partial charge in [-0.05, 0) is 56.4 Å². The maximum absolute atomic E-state index is 11.6. The molecule has 4 nitrogen and oxygen atoms in total. The Hall–Kier alpha value is -1.23. The molecule has 19 heavy (non-hydrogen) atoms. The van der Waals surface area contributed by atoms with Gasteiger partial charge in [0, 0.05) is 5.69 Å². The van der Waals surface area contributed by atoms with Gasteiger partial charge in [-0.15, -0.1) is 0 Å². The second-order valence-corrected chi connectivity index (χ2v) is 6.81. The Morgan fingerprint density at radius 1 is 1.21 bits per heavy atom. The summed E-state index contributed by atoms with van der Waals surface area (Å²) in [6.45, 7) is 1.85. The number of hydrogen-bond acceptors (Lipinski definition) is 3. The van der Waals surface area contributed by atoms with E-state index in [0.717, 1.165) is 18.6 Å². The van der Waals surface area contributed by atoms with Crippen LogP contribution < -0.4 is 9.46 Å². The van der Waals surface area contributed by atoms with Gasteiger partial charge < -0.3 is 4.74 Å². The van der Waals surface area contributed by atoms with E-state index in [4.69, 9.17) is 4.74 Å². The van der Waals surface area contributed by atoms with Crippen molar-refractivity contribution >= 4 is 15.7 Å². The van der Waals surface area contributed by atoms with Crippen molar-refractivity contribution in [3.05, 3.63) is 24.3 Å². The molecule has 1 aliphatic rings. The van der Waals surface area contributed by atoms with Crippen LogP contribution in [-0.2, 0) is 10.0 Å². The fourth-order valence-electron chi connectivity index (χ4n) is 2.30. The lowest BCUT2D eigenvalue weighted by Crippen LogP contribution is -2.16. The van der Waals surface area contributed by atoms with Gasteiger partial charge in [0.15, 0.2) is 0 Å². The Morgan fingerprint density at radius 2 is 1.84 bits per heavy atom. The molecule has 0 radical (unpaired) electrons. The van der Waals surface area contributed by atoms with Gasteiger partial charge in [0.25, 0.3) is 0 Å². The first-order valence-electron chi connectivity index (χ1n) is 6.86. The van der Waals surface area contributed by atoms with Crippen molar-refractivity contribution in [2.24, 2.45) is 0 Å². The highest BCUT2D eigenvalue weighted by Crippen LogP contribution is 2.25. The maximum atomic E-state index is 11.6. The average molecular weight is 283 g/mol. The Morgan fingerprint density at radius 3 is 2.42 bits per heavy atom. The summed E-state index contributed by atoms with van der Waals surface area (Å²) in [5.74, 6) is 0.957. The summed E-state index contributed by atoms with van der Waals surface area (Å²) < 4.78 is 31.6. The summed E-state index contributed by atoms with van der Waals surface area (Å²) >= 11 is 0. The minimum absolute atomic E-state index is 0.146. The molecule has 0 aromatic heterocycles. The van der Waals surface area contributed by atoms with E-state index in [1.165, 1.54) is 12.8 Å². The lowest BCUT2D eigenvalue weighted by Gasteiger charge is -2.13. The largest absolute Gasteiger partial charge is 0.490 e. The number of hydrogen-bond donors (Lipinski definition) is 1. The van der Waals surface area contributed by atoms with E-state index in [-0.39, 0.29) is 5.75 Å². The number of anilines is 1. The van der Waals surface area contributed by atoms with E-state index in [1.54, 1.807) is 12.1 Å².